The van der Waals surface area contributed by atoms with Gasteiger partial charge in [-0.1, -0.05) is 48.6 Å². The summed E-state index contributed by atoms with van der Waals surface area (Å²) in [6.07, 6.45) is 6.28. The van der Waals surface area contributed by atoms with E-state index in [0.29, 0.717) is 22.6 Å². The van der Waals surface area contributed by atoms with Crippen molar-refractivity contribution >= 4 is 50.2 Å². The second kappa shape index (κ2) is 14.5. The van der Waals surface area contributed by atoms with Crippen LogP contribution in [0.5, 0.6) is 23.0 Å². The highest BCUT2D eigenvalue weighted by Crippen LogP contribution is 2.29. The molecule has 0 heterocycles. The van der Waals surface area contributed by atoms with Gasteiger partial charge in [-0.2, -0.15) is 13.2 Å². The summed E-state index contributed by atoms with van der Waals surface area (Å²) in [5.74, 6) is -0.685. The summed E-state index contributed by atoms with van der Waals surface area (Å²) in [5.41, 5.74) is 9.67. The number of methoxy groups -OCH3 is 2. The quantitative estimate of drug-likeness (QED) is 0.103. The average molecular weight is 619 g/mol. The van der Waals surface area contributed by atoms with Gasteiger partial charge in [-0.3, -0.25) is 18.9 Å². The summed E-state index contributed by atoms with van der Waals surface area (Å²) in [4.78, 5) is 37.8. The van der Waals surface area contributed by atoms with Crippen LogP contribution in [0, 0.1) is 0 Å². The zero-order chi connectivity index (χ0) is 32.4. The lowest BCUT2D eigenvalue weighted by atomic mass is 9.95. The maximum atomic E-state index is 11.9. The molecule has 4 rings (SSSR count). The fourth-order valence-electron chi connectivity index (χ4n) is 3.85. The molecule has 0 unspecified atom stereocenters. The SMILES string of the molecule is COc1cc(C=CC(=O)CC(=O)C=Cc2ccc(O)c(OC)c2)ccc1O.[N-]=[N+]=C1C=C(S(=O)(=O)O)c2ccccc2C1=O. The molecule has 0 saturated carbocycles. The first-order valence-electron chi connectivity index (χ1n) is 12.6. The summed E-state index contributed by atoms with van der Waals surface area (Å²) >= 11 is 0. The van der Waals surface area contributed by atoms with Crippen LogP contribution in [0.2, 0.25) is 0 Å². The van der Waals surface area contributed by atoms with Crippen molar-refractivity contribution in [3.63, 3.8) is 0 Å². The summed E-state index contributed by atoms with van der Waals surface area (Å²) in [6.45, 7) is 0. The number of benzene rings is 3. The summed E-state index contributed by atoms with van der Waals surface area (Å²) in [6, 6.07) is 15.2. The van der Waals surface area contributed by atoms with Crippen molar-refractivity contribution in [2.45, 2.75) is 6.42 Å². The maximum absolute atomic E-state index is 11.9. The molecule has 0 bridgehead atoms. The number of phenolic OH excluding ortho intramolecular Hbond substituents is 2. The molecule has 1 aliphatic rings. The van der Waals surface area contributed by atoms with Crippen molar-refractivity contribution in [2.75, 3.05) is 14.2 Å². The Morgan fingerprint density at radius 1 is 0.841 bits per heavy atom. The largest absolute Gasteiger partial charge is 0.504 e. The van der Waals surface area contributed by atoms with Crippen molar-refractivity contribution in [1.29, 1.82) is 0 Å². The van der Waals surface area contributed by atoms with E-state index in [2.05, 4.69) is 4.79 Å². The van der Waals surface area contributed by atoms with Crippen LogP contribution in [0.25, 0.3) is 22.6 Å². The first-order valence-corrected chi connectivity index (χ1v) is 14.0. The van der Waals surface area contributed by atoms with Crippen molar-refractivity contribution in [2.24, 2.45) is 0 Å². The predicted octanol–water partition coefficient (Wildman–Crippen LogP) is 4.15. The molecule has 13 heteroatoms. The normalized spacial score (nSPS) is 12.6. The highest BCUT2D eigenvalue weighted by molar-refractivity contribution is 7.95. The van der Waals surface area contributed by atoms with E-state index in [-0.39, 0.29) is 40.6 Å². The molecule has 0 amide bonds. The molecule has 0 fully saturated rings. The third-order valence-corrected chi connectivity index (χ3v) is 6.90. The van der Waals surface area contributed by atoms with Crippen LogP contribution >= 0.6 is 0 Å². The zero-order valence-corrected chi connectivity index (χ0v) is 24.2. The summed E-state index contributed by atoms with van der Waals surface area (Å²) < 4.78 is 41.4. The molecule has 3 aromatic carbocycles. The number of Topliss-reactive ketones (excluding diaryl/α,β-unsaturated/α-hetero) is 1. The van der Waals surface area contributed by atoms with Gasteiger partial charge in [0.15, 0.2) is 34.6 Å². The van der Waals surface area contributed by atoms with E-state index in [1.54, 1.807) is 42.5 Å². The Bertz CT molecular complexity index is 1790. The van der Waals surface area contributed by atoms with Crippen molar-refractivity contribution in [3.8, 4) is 23.0 Å². The third-order valence-electron chi connectivity index (χ3n) is 6.00. The summed E-state index contributed by atoms with van der Waals surface area (Å²) in [5, 5.41) is 19.1. The second-order valence-electron chi connectivity index (χ2n) is 8.98. The van der Waals surface area contributed by atoms with Crippen molar-refractivity contribution in [1.82, 2.24) is 0 Å². The number of ketones is 3. The smallest absolute Gasteiger partial charge is 0.364 e. The van der Waals surface area contributed by atoms with Gasteiger partial charge < -0.3 is 25.2 Å². The fraction of sp³-hybridized carbons (Fsp3) is 0.0968. The number of fused-ring (bicyclic) bond motifs is 1. The van der Waals surface area contributed by atoms with Gasteiger partial charge in [0, 0.05) is 11.1 Å². The molecule has 0 saturated heterocycles. The van der Waals surface area contributed by atoms with Gasteiger partial charge in [0.05, 0.1) is 26.7 Å². The molecule has 3 N–H and O–H groups in total. The predicted molar refractivity (Wildman–Crippen MR) is 161 cm³/mol. The number of phenols is 2. The summed E-state index contributed by atoms with van der Waals surface area (Å²) in [7, 11) is -1.62. The van der Waals surface area contributed by atoms with E-state index in [1.165, 1.54) is 56.7 Å². The Hall–Kier alpha value is -5.62. The maximum Gasteiger partial charge on any atom is 0.364 e. The fourth-order valence-corrected chi connectivity index (χ4v) is 4.57. The number of ether oxygens (including phenoxy) is 2. The Labute approximate surface area is 252 Å². The minimum Gasteiger partial charge on any atom is -0.504 e. The molecule has 0 aromatic heterocycles. The average Bonchev–Trinajstić information content (AvgIpc) is 3.00. The minimum atomic E-state index is -4.49. The van der Waals surface area contributed by atoms with Gasteiger partial charge in [0.1, 0.15) is 4.91 Å². The number of carbonyl (C=O) groups is 3. The topological polar surface area (TPSA) is 201 Å². The van der Waals surface area contributed by atoms with E-state index in [1.807, 2.05) is 0 Å². The Kier molecular flexibility index (Phi) is 10.9. The van der Waals surface area contributed by atoms with E-state index < -0.39 is 26.5 Å². The lowest BCUT2D eigenvalue weighted by molar-refractivity contribution is -0.121. The lowest BCUT2D eigenvalue weighted by Gasteiger charge is -2.11. The molecule has 0 aliphatic heterocycles. The van der Waals surface area contributed by atoms with E-state index in [4.69, 9.17) is 19.6 Å². The number of rotatable bonds is 9. The van der Waals surface area contributed by atoms with Gasteiger partial charge in [-0.05, 0) is 47.5 Å². The number of allylic oxidation sites excluding steroid dienone is 3. The van der Waals surface area contributed by atoms with Gasteiger partial charge in [0.25, 0.3) is 15.9 Å². The number of hydrogen-bond donors (Lipinski definition) is 3. The van der Waals surface area contributed by atoms with Gasteiger partial charge in [0.2, 0.25) is 0 Å². The number of aromatic hydroxyl groups is 2. The number of nitrogens with zero attached hydrogens (tertiary/aromatic N) is 2. The van der Waals surface area contributed by atoms with Gasteiger partial charge >= 0.3 is 5.71 Å². The lowest BCUT2D eigenvalue weighted by Crippen LogP contribution is -2.22. The molecule has 12 nitrogen and oxygen atoms in total. The highest BCUT2D eigenvalue weighted by Gasteiger charge is 2.34. The molecule has 0 spiro atoms. The van der Waals surface area contributed by atoms with Crippen LogP contribution in [0.1, 0.15) is 33.5 Å². The van der Waals surface area contributed by atoms with Crippen molar-refractivity contribution < 1.29 is 51.8 Å². The minimum absolute atomic E-state index is 0.00662. The van der Waals surface area contributed by atoms with Crippen LogP contribution in [0.4, 0.5) is 0 Å². The Balaban J connectivity index is 0.000000266. The Morgan fingerprint density at radius 2 is 1.32 bits per heavy atom. The third kappa shape index (κ3) is 8.46. The zero-order valence-electron chi connectivity index (χ0n) is 23.4. The van der Waals surface area contributed by atoms with Crippen molar-refractivity contribution in [3.05, 3.63) is 107 Å². The molecular weight excluding hydrogens is 592 g/mol. The molecule has 226 valence electrons. The first-order chi connectivity index (χ1) is 20.9. The molecule has 1 aliphatic carbocycles. The number of carbonyl (C=O) groups excluding carboxylic acids is 3. The van der Waals surface area contributed by atoms with E-state index >= 15 is 0 Å². The highest BCUT2D eigenvalue weighted by atomic mass is 32.2. The van der Waals surface area contributed by atoms with Crippen LogP contribution in [0.15, 0.2) is 78.9 Å². The second-order valence-corrected chi connectivity index (χ2v) is 10.4. The van der Waals surface area contributed by atoms with E-state index in [9.17, 15) is 33.0 Å². The van der Waals surface area contributed by atoms with Crippen LogP contribution in [-0.4, -0.2) is 65.3 Å². The molecular formula is C31H26N2O10S. The molecule has 3 aromatic rings. The first kappa shape index (κ1) is 32.9. The van der Waals surface area contributed by atoms with Gasteiger partial charge in [-0.25, -0.2) is 0 Å². The standard InChI is InChI=1S/C21H20O6.C10H6N2O4S/c1-26-20-11-14(5-9-18(20)24)3-7-16(22)13-17(23)8-4-15-6-10-19(25)21(12-15)27-2;11-12-8-5-9(17(14,15)16)6-3-1-2-4-7(6)10(8)13/h3-12,24-25H,13H2,1-2H3;1-5H,(H,14,15,16). The van der Waals surface area contributed by atoms with E-state index in [0.717, 1.165) is 6.08 Å². The number of hydrogen-bond acceptors (Lipinski definition) is 9. The molecule has 44 heavy (non-hydrogen) atoms. The molecule has 0 radical (unpaired) electrons. The van der Waals surface area contributed by atoms with Crippen LogP contribution < -0.4 is 9.47 Å². The van der Waals surface area contributed by atoms with Crippen LogP contribution in [0.3, 0.4) is 0 Å². The van der Waals surface area contributed by atoms with Crippen LogP contribution in [-0.2, 0) is 19.7 Å². The monoisotopic (exact) mass is 618 g/mol. The molecule has 0 atom stereocenters. The van der Waals surface area contributed by atoms with Gasteiger partial charge in [-0.15, -0.1) is 0 Å². The Morgan fingerprint density at radius 3 is 1.75 bits per heavy atom.